The Bertz CT molecular complexity index is 352. The van der Waals surface area contributed by atoms with Crippen molar-refractivity contribution in [2.24, 2.45) is 0 Å². The van der Waals surface area contributed by atoms with Crippen LogP contribution in [0.2, 0.25) is 0 Å². The van der Waals surface area contributed by atoms with Crippen molar-refractivity contribution >= 4 is 15.9 Å². The SMILES string of the molecule is C[C@@H](NCCCC(F)(F)F)c1ccccc1Br. The summed E-state index contributed by atoms with van der Waals surface area (Å²) in [5.41, 5.74) is 1.06. The molecule has 0 heterocycles. The largest absolute Gasteiger partial charge is 0.389 e. The lowest BCUT2D eigenvalue weighted by Gasteiger charge is -2.16. The lowest BCUT2D eigenvalue weighted by molar-refractivity contribution is -0.135. The van der Waals surface area contributed by atoms with E-state index in [-0.39, 0.29) is 12.5 Å². The summed E-state index contributed by atoms with van der Waals surface area (Å²) in [6.45, 7) is 2.30. The molecule has 0 fully saturated rings. The van der Waals surface area contributed by atoms with Gasteiger partial charge in [-0.15, -0.1) is 0 Å². The highest BCUT2D eigenvalue weighted by atomic mass is 79.9. The summed E-state index contributed by atoms with van der Waals surface area (Å²) in [6, 6.07) is 7.73. The lowest BCUT2D eigenvalue weighted by atomic mass is 10.1. The molecular weight excluding hydrogens is 295 g/mol. The topological polar surface area (TPSA) is 12.0 Å². The van der Waals surface area contributed by atoms with E-state index in [1.54, 1.807) is 0 Å². The third kappa shape index (κ3) is 5.55. The van der Waals surface area contributed by atoms with Gasteiger partial charge in [-0.2, -0.15) is 13.2 Å². The van der Waals surface area contributed by atoms with E-state index in [1.807, 2.05) is 31.2 Å². The number of nitrogens with one attached hydrogen (secondary N) is 1. The maximum Gasteiger partial charge on any atom is 0.389 e. The highest BCUT2D eigenvalue weighted by Crippen LogP contribution is 2.23. The van der Waals surface area contributed by atoms with Crippen molar-refractivity contribution in [1.29, 1.82) is 0 Å². The molecule has 17 heavy (non-hydrogen) atoms. The Morgan fingerprint density at radius 1 is 1.29 bits per heavy atom. The van der Waals surface area contributed by atoms with Crippen molar-refractivity contribution in [2.45, 2.75) is 32.0 Å². The molecule has 1 atom stereocenters. The van der Waals surface area contributed by atoms with E-state index < -0.39 is 12.6 Å². The summed E-state index contributed by atoms with van der Waals surface area (Å²) in [4.78, 5) is 0. The molecule has 0 saturated carbocycles. The van der Waals surface area contributed by atoms with Crippen molar-refractivity contribution in [3.8, 4) is 0 Å². The average molecular weight is 310 g/mol. The van der Waals surface area contributed by atoms with E-state index in [9.17, 15) is 13.2 Å². The van der Waals surface area contributed by atoms with Gasteiger partial charge in [-0.05, 0) is 31.5 Å². The van der Waals surface area contributed by atoms with Crippen LogP contribution in [-0.4, -0.2) is 12.7 Å². The molecule has 0 aliphatic rings. The van der Waals surface area contributed by atoms with E-state index in [0.29, 0.717) is 6.54 Å². The molecule has 1 nitrogen and oxygen atoms in total. The fourth-order valence-electron chi connectivity index (χ4n) is 1.54. The molecule has 0 aliphatic carbocycles. The third-order valence-corrected chi connectivity index (χ3v) is 3.18. The minimum atomic E-state index is -4.06. The third-order valence-electron chi connectivity index (χ3n) is 2.46. The molecule has 1 aromatic rings. The van der Waals surface area contributed by atoms with Crippen LogP contribution in [0.4, 0.5) is 13.2 Å². The minimum absolute atomic E-state index is 0.0406. The van der Waals surface area contributed by atoms with Crippen LogP contribution in [0.25, 0.3) is 0 Å². The monoisotopic (exact) mass is 309 g/mol. The lowest BCUT2D eigenvalue weighted by Crippen LogP contribution is -2.21. The Balaban J connectivity index is 2.36. The van der Waals surface area contributed by atoms with Crippen molar-refractivity contribution < 1.29 is 13.2 Å². The summed E-state index contributed by atoms with van der Waals surface area (Å²) in [5.74, 6) is 0. The Labute approximate surface area is 108 Å². The number of benzene rings is 1. The minimum Gasteiger partial charge on any atom is -0.310 e. The van der Waals surface area contributed by atoms with Crippen LogP contribution in [0.15, 0.2) is 28.7 Å². The van der Waals surface area contributed by atoms with Crippen molar-refractivity contribution in [3.63, 3.8) is 0 Å². The van der Waals surface area contributed by atoms with Gasteiger partial charge in [-0.3, -0.25) is 0 Å². The second kappa shape index (κ2) is 6.40. The standard InChI is InChI=1S/C12H15BrF3N/c1-9(10-5-2-3-6-11(10)13)17-8-4-7-12(14,15)16/h2-3,5-6,9,17H,4,7-8H2,1H3/t9-/m1/s1. The van der Waals surface area contributed by atoms with Crippen LogP contribution in [0.5, 0.6) is 0 Å². The molecular formula is C12H15BrF3N. The van der Waals surface area contributed by atoms with Crippen LogP contribution in [0, 0.1) is 0 Å². The number of alkyl halides is 3. The van der Waals surface area contributed by atoms with Gasteiger partial charge in [-0.1, -0.05) is 34.1 Å². The molecule has 0 saturated heterocycles. The normalized spacial score (nSPS) is 13.7. The van der Waals surface area contributed by atoms with Gasteiger partial charge in [0, 0.05) is 16.9 Å². The first kappa shape index (κ1) is 14.5. The number of hydrogen-bond acceptors (Lipinski definition) is 1. The van der Waals surface area contributed by atoms with Gasteiger partial charge in [-0.25, -0.2) is 0 Å². The maximum atomic E-state index is 11.9. The molecule has 0 amide bonds. The van der Waals surface area contributed by atoms with E-state index in [2.05, 4.69) is 21.2 Å². The van der Waals surface area contributed by atoms with E-state index in [0.717, 1.165) is 10.0 Å². The second-order valence-corrected chi connectivity index (χ2v) is 4.77. The Morgan fingerprint density at radius 2 is 1.94 bits per heavy atom. The van der Waals surface area contributed by atoms with Gasteiger partial charge < -0.3 is 5.32 Å². The van der Waals surface area contributed by atoms with Crippen LogP contribution in [0.1, 0.15) is 31.4 Å². The predicted molar refractivity (Wildman–Crippen MR) is 65.8 cm³/mol. The Kier molecular flexibility index (Phi) is 5.46. The van der Waals surface area contributed by atoms with Gasteiger partial charge in [0.2, 0.25) is 0 Å². The summed E-state index contributed by atoms with van der Waals surface area (Å²) in [6.07, 6.45) is -4.68. The first-order chi connectivity index (χ1) is 7.90. The molecule has 0 aromatic heterocycles. The molecule has 1 rings (SSSR count). The predicted octanol–water partition coefficient (Wildman–Crippen LogP) is 4.44. The first-order valence-electron chi connectivity index (χ1n) is 5.45. The van der Waals surface area contributed by atoms with Crippen molar-refractivity contribution in [2.75, 3.05) is 6.54 Å². The van der Waals surface area contributed by atoms with Gasteiger partial charge in [0.25, 0.3) is 0 Å². The Hall–Kier alpha value is -0.550. The number of hydrogen-bond donors (Lipinski definition) is 1. The summed E-state index contributed by atoms with van der Waals surface area (Å²) >= 11 is 3.42. The maximum absolute atomic E-state index is 11.9. The van der Waals surface area contributed by atoms with E-state index >= 15 is 0 Å². The summed E-state index contributed by atoms with van der Waals surface area (Å²) in [5, 5.41) is 3.08. The number of halogens is 4. The first-order valence-corrected chi connectivity index (χ1v) is 6.24. The fraction of sp³-hybridized carbons (Fsp3) is 0.500. The van der Waals surface area contributed by atoms with Crippen molar-refractivity contribution in [1.82, 2.24) is 5.32 Å². The summed E-state index contributed by atoms with van der Waals surface area (Å²) < 4.78 is 36.8. The van der Waals surface area contributed by atoms with Gasteiger partial charge >= 0.3 is 6.18 Å². The van der Waals surface area contributed by atoms with Crippen molar-refractivity contribution in [3.05, 3.63) is 34.3 Å². The molecule has 5 heteroatoms. The van der Waals surface area contributed by atoms with Gasteiger partial charge in [0.15, 0.2) is 0 Å². The average Bonchev–Trinajstić information content (AvgIpc) is 2.23. The van der Waals surface area contributed by atoms with Crippen LogP contribution in [-0.2, 0) is 0 Å². The Morgan fingerprint density at radius 3 is 2.53 bits per heavy atom. The smallest absolute Gasteiger partial charge is 0.310 e. The number of rotatable bonds is 5. The molecule has 0 radical (unpaired) electrons. The molecule has 0 aliphatic heterocycles. The summed E-state index contributed by atoms with van der Waals surface area (Å²) in [7, 11) is 0. The quantitative estimate of drug-likeness (QED) is 0.793. The molecule has 96 valence electrons. The zero-order valence-electron chi connectivity index (χ0n) is 9.52. The van der Waals surface area contributed by atoms with Crippen LogP contribution in [0.3, 0.4) is 0 Å². The molecule has 0 unspecified atom stereocenters. The van der Waals surface area contributed by atoms with Gasteiger partial charge in [0.05, 0.1) is 0 Å². The van der Waals surface area contributed by atoms with E-state index in [1.165, 1.54) is 0 Å². The van der Waals surface area contributed by atoms with Crippen LogP contribution < -0.4 is 5.32 Å². The van der Waals surface area contributed by atoms with Gasteiger partial charge in [0.1, 0.15) is 0 Å². The van der Waals surface area contributed by atoms with E-state index in [4.69, 9.17) is 0 Å². The highest BCUT2D eigenvalue weighted by molar-refractivity contribution is 9.10. The zero-order valence-corrected chi connectivity index (χ0v) is 11.1. The molecule has 1 aromatic carbocycles. The fourth-order valence-corrected chi connectivity index (χ4v) is 2.17. The molecule has 1 N–H and O–H groups in total. The van der Waals surface area contributed by atoms with Crippen LogP contribution >= 0.6 is 15.9 Å². The molecule has 0 bridgehead atoms. The second-order valence-electron chi connectivity index (χ2n) is 3.92. The highest BCUT2D eigenvalue weighted by Gasteiger charge is 2.25. The zero-order chi connectivity index (χ0) is 12.9. The molecule has 0 spiro atoms.